The largest absolute Gasteiger partial charge is 0.393 e. The summed E-state index contributed by atoms with van der Waals surface area (Å²) >= 11 is 0. The average Bonchev–Trinajstić information content (AvgIpc) is 3.03. The maximum atomic E-state index is 6.83. The Hall–Kier alpha value is -4.75. The van der Waals surface area contributed by atoms with E-state index in [4.69, 9.17) is 5.73 Å². The predicted molar refractivity (Wildman–Crippen MR) is 161 cm³/mol. The summed E-state index contributed by atoms with van der Waals surface area (Å²) in [5.41, 5.74) is 11.2. The molecule has 1 aliphatic rings. The molecule has 5 aromatic rings. The van der Waals surface area contributed by atoms with Crippen LogP contribution >= 0.6 is 0 Å². The molecule has 2 N–H and O–H groups in total. The minimum atomic E-state index is 0.202. The second-order valence-electron chi connectivity index (χ2n) is 9.94. The summed E-state index contributed by atoms with van der Waals surface area (Å²) in [6.45, 7) is 4.02. The number of pyridine rings is 1. The number of nitrogens with zero attached hydrogens (tertiary/aromatic N) is 6. The molecule has 7 heteroatoms. The third kappa shape index (κ3) is 5.51. The van der Waals surface area contributed by atoms with Gasteiger partial charge in [-0.05, 0) is 28.8 Å². The lowest BCUT2D eigenvalue weighted by molar-refractivity contribution is 0.212. The van der Waals surface area contributed by atoms with Crippen LogP contribution in [0.15, 0.2) is 122 Å². The van der Waals surface area contributed by atoms with Gasteiger partial charge < -0.3 is 15.5 Å². The Bertz CT molecular complexity index is 1450. The molecule has 200 valence electrons. The highest BCUT2D eigenvalue weighted by Crippen LogP contribution is 2.35. The first kappa shape index (κ1) is 25.5. The van der Waals surface area contributed by atoms with Crippen LogP contribution in [0.1, 0.15) is 22.7 Å². The van der Waals surface area contributed by atoms with E-state index in [-0.39, 0.29) is 6.04 Å². The molecule has 0 aliphatic carbocycles. The van der Waals surface area contributed by atoms with Crippen molar-refractivity contribution in [3.63, 3.8) is 0 Å². The molecule has 1 fully saturated rings. The summed E-state index contributed by atoms with van der Waals surface area (Å²) in [5, 5.41) is 0. The van der Waals surface area contributed by atoms with Crippen LogP contribution in [-0.4, -0.2) is 46.0 Å². The van der Waals surface area contributed by atoms with Crippen molar-refractivity contribution in [2.75, 3.05) is 41.7 Å². The summed E-state index contributed by atoms with van der Waals surface area (Å²) in [6, 6.07) is 37.9. The summed E-state index contributed by atoms with van der Waals surface area (Å²) in [7, 11) is 0. The minimum absolute atomic E-state index is 0.202. The van der Waals surface area contributed by atoms with Crippen LogP contribution in [-0.2, 0) is 6.54 Å². The highest BCUT2D eigenvalue weighted by molar-refractivity contribution is 5.79. The number of anilines is 4. The van der Waals surface area contributed by atoms with Crippen LogP contribution in [0.3, 0.4) is 0 Å². The first-order valence-electron chi connectivity index (χ1n) is 13.7. The summed E-state index contributed by atoms with van der Waals surface area (Å²) in [4.78, 5) is 20.8. The molecule has 1 aliphatic heterocycles. The summed E-state index contributed by atoms with van der Waals surface area (Å²) < 4.78 is 0. The van der Waals surface area contributed by atoms with Gasteiger partial charge in [0, 0.05) is 32.4 Å². The van der Waals surface area contributed by atoms with Crippen LogP contribution in [0, 0.1) is 0 Å². The van der Waals surface area contributed by atoms with E-state index in [9.17, 15) is 0 Å². The van der Waals surface area contributed by atoms with Gasteiger partial charge in [0.05, 0.1) is 12.6 Å². The Morgan fingerprint density at radius 3 is 1.88 bits per heavy atom. The van der Waals surface area contributed by atoms with Crippen molar-refractivity contribution in [1.82, 2.24) is 19.9 Å². The van der Waals surface area contributed by atoms with E-state index in [2.05, 4.69) is 102 Å². The van der Waals surface area contributed by atoms with E-state index in [1.54, 1.807) is 12.5 Å². The first-order chi connectivity index (χ1) is 19.8. The van der Waals surface area contributed by atoms with Gasteiger partial charge in [0.15, 0.2) is 11.6 Å². The molecule has 0 spiro atoms. The van der Waals surface area contributed by atoms with Crippen LogP contribution in [0.5, 0.6) is 0 Å². The summed E-state index contributed by atoms with van der Waals surface area (Å²) in [6.07, 6.45) is 3.41. The predicted octanol–water partition coefficient (Wildman–Crippen LogP) is 5.70. The average molecular weight is 528 g/mol. The molecule has 2 aromatic heterocycles. The fraction of sp³-hybridized carbons (Fsp3) is 0.182. The van der Waals surface area contributed by atoms with Gasteiger partial charge in [0.1, 0.15) is 17.8 Å². The van der Waals surface area contributed by atoms with Gasteiger partial charge in [-0.2, -0.15) is 0 Å². The van der Waals surface area contributed by atoms with Crippen LogP contribution in [0.4, 0.5) is 23.1 Å². The SMILES string of the molecule is Nc1c(N2CCN(C(c3ccccc3)c3ccccc3)CC2)ncnc1N(Cc1ccccc1)c1ccccn1. The fourth-order valence-corrected chi connectivity index (χ4v) is 5.46. The number of hydrogen-bond donors (Lipinski definition) is 1. The number of nitrogen functional groups attached to an aromatic ring is 1. The maximum Gasteiger partial charge on any atom is 0.163 e. The van der Waals surface area contributed by atoms with E-state index in [1.807, 2.05) is 36.4 Å². The molecular weight excluding hydrogens is 494 g/mol. The second-order valence-corrected chi connectivity index (χ2v) is 9.94. The van der Waals surface area contributed by atoms with Gasteiger partial charge in [-0.15, -0.1) is 0 Å². The molecule has 40 heavy (non-hydrogen) atoms. The van der Waals surface area contributed by atoms with Crippen molar-refractivity contribution >= 4 is 23.1 Å². The number of benzene rings is 3. The van der Waals surface area contributed by atoms with E-state index in [1.165, 1.54) is 11.1 Å². The Kier molecular flexibility index (Phi) is 7.64. The lowest BCUT2D eigenvalue weighted by Crippen LogP contribution is -2.48. The number of rotatable bonds is 8. The number of aromatic nitrogens is 3. The standard InChI is InChI=1S/C33H33N7/c34-30-32(36-25-37-33(30)40(29-18-10-11-19-35-29)24-26-12-4-1-5-13-26)39-22-20-38(21-23-39)31(27-14-6-2-7-15-27)28-16-8-3-9-17-28/h1-19,25,31H,20-24,34H2. The third-order valence-electron chi connectivity index (χ3n) is 7.42. The van der Waals surface area contributed by atoms with Gasteiger partial charge in [0.2, 0.25) is 0 Å². The van der Waals surface area contributed by atoms with Gasteiger partial charge in [-0.1, -0.05) is 97.1 Å². The molecule has 0 atom stereocenters. The van der Waals surface area contributed by atoms with E-state index in [0.717, 1.165) is 43.4 Å². The Labute approximate surface area is 235 Å². The van der Waals surface area contributed by atoms with Crippen molar-refractivity contribution in [2.24, 2.45) is 0 Å². The summed E-state index contributed by atoms with van der Waals surface area (Å²) in [5.74, 6) is 2.23. The zero-order valence-corrected chi connectivity index (χ0v) is 22.4. The lowest BCUT2D eigenvalue weighted by Gasteiger charge is -2.40. The first-order valence-corrected chi connectivity index (χ1v) is 13.7. The molecule has 3 heterocycles. The van der Waals surface area contributed by atoms with Crippen molar-refractivity contribution in [3.8, 4) is 0 Å². The van der Waals surface area contributed by atoms with Crippen molar-refractivity contribution in [3.05, 3.63) is 138 Å². The van der Waals surface area contributed by atoms with Gasteiger partial charge in [0.25, 0.3) is 0 Å². The Balaban J connectivity index is 1.26. The molecule has 0 unspecified atom stereocenters. The van der Waals surface area contributed by atoms with E-state index in [0.29, 0.717) is 18.1 Å². The molecule has 0 bridgehead atoms. The van der Waals surface area contributed by atoms with E-state index >= 15 is 0 Å². The normalized spacial score (nSPS) is 13.9. The fourth-order valence-electron chi connectivity index (χ4n) is 5.46. The molecule has 7 nitrogen and oxygen atoms in total. The number of nitrogens with two attached hydrogens (primary N) is 1. The van der Waals surface area contributed by atoms with Crippen LogP contribution in [0.2, 0.25) is 0 Å². The van der Waals surface area contributed by atoms with Gasteiger partial charge in [-0.25, -0.2) is 15.0 Å². The quantitative estimate of drug-likeness (QED) is 0.277. The highest BCUT2D eigenvalue weighted by Gasteiger charge is 2.29. The third-order valence-corrected chi connectivity index (χ3v) is 7.42. The maximum absolute atomic E-state index is 6.83. The van der Waals surface area contributed by atoms with Crippen molar-refractivity contribution in [1.29, 1.82) is 0 Å². The van der Waals surface area contributed by atoms with Crippen LogP contribution < -0.4 is 15.5 Å². The van der Waals surface area contributed by atoms with Crippen molar-refractivity contribution < 1.29 is 0 Å². The zero-order chi connectivity index (χ0) is 27.1. The minimum Gasteiger partial charge on any atom is -0.393 e. The Morgan fingerprint density at radius 1 is 0.675 bits per heavy atom. The van der Waals surface area contributed by atoms with Gasteiger partial charge in [-0.3, -0.25) is 4.90 Å². The topological polar surface area (TPSA) is 74.4 Å². The van der Waals surface area contributed by atoms with Crippen molar-refractivity contribution in [2.45, 2.75) is 12.6 Å². The molecule has 0 saturated carbocycles. The smallest absolute Gasteiger partial charge is 0.163 e. The van der Waals surface area contributed by atoms with Crippen LogP contribution in [0.25, 0.3) is 0 Å². The Morgan fingerprint density at radius 2 is 1.27 bits per heavy atom. The monoisotopic (exact) mass is 527 g/mol. The molecule has 1 saturated heterocycles. The number of hydrogen-bond acceptors (Lipinski definition) is 7. The molecule has 0 radical (unpaired) electrons. The second kappa shape index (κ2) is 12.0. The molecule has 6 rings (SSSR count). The lowest BCUT2D eigenvalue weighted by atomic mass is 9.96. The highest BCUT2D eigenvalue weighted by atomic mass is 15.3. The zero-order valence-electron chi connectivity index (χ0n) is 22.4. The van der Waals surface area contributed by atoms with Gasteiger partial charge >= 0.3 is 0 Å². The molecular formula is C33H33N7. The number of piperazine rings is 1. The van der Waals surface area contributed by atoms with E-state index < -0.39 is 0 Å². The molecule has 0 amide bonds. The molecule has 3 aromatic carbocycles.